The predicted octanol–water partition coefficient (Wildman–Crippen LogP) is 5.47. The van der Waals surface area contributed by atoms with Gasteiger partial charge in [-0.2, -0.15) is 41.0 Å². The molecule has 1 aliphatic rings. The second kappa shape index (κ2) is 16.8. The van der Waals surface area contributed by atoms with Crippen LogP contribution in [0.2, 0.25) is 0 Å². The number of benzene rings is 4. The summed E-state index contributed by atoms with van der Waals surface area (Å²) in [6.07, 6.45) is 1.03. The minimum atomic E-state index is 0. The van der Waals surface area contributed by atoms with Gasteiger partial charge in [0.1, 0.15) is 0 Å². The van der Waals surface area contributed by atoms with Crippen molar-refractivity contribution in [1.82, 2.24) is 0 Å². The van der Waals surface area contributed by atoms with E-state index in [1.165, 1.54) is 83.1 Å². The summed E-state index contributed by atoms with van der Waals surface area (Å²) in [4.78, 5) is 0. The molecule has 0 unspecified atom stereocenters. The molecule has 0 saturated carbocycles. The zero-order valence-corrected chi connectivity index (χ0v) is 33.8. The summed E-state index contributed by atoms with van der Waals surface area (Å²) in [6.45, 7) is 22.5. The number of hydrogen-bond donors (Lipinski definition) is 0. The van der Waals surface area contributed by atoms with Crippen LogP contribution in [0.1, 0.15) is 107 Å². The standard InChI is InChI=1S/C21H25.C13H10.C10H15.2ClH.Zr/c1-20(2,3)16-9-7-14-11-15-8-10-17(21(4,5)6)13-19(15)18(14)12-16;1-3-7-12(8-4-1)11-13-9-5-2-6-10-13;1-8-6-5-7-9(8)10(2,3)4;;;/h7,9-10,12-13H,11H2,1-6H3;1-10H;5-7H,1-4H3;2*1H;/q-1;;-1;;;+2/p-2. The molecule has 1 aliphatic carbocycles. The molecular formula is C44H50Cl2Zr-2. The predicted molar refractivity (Wildman–Crippen MR) is 192 cm³/mol. The minimum absolute atomic E-state index is 0. The monoisotopic (exact) mass is 738 g/mol. The summed E-state index contributed by atoms with van der Waals surface area (Å²) < 4.78 is 1.42. The van der Waals surface area contributed by atoms with Crippen molar-refractivity contribution < 1.29 is 49.0 Å². The van der Waals surface area contributed by atoms with Gasteiger partial charge in [-0.15, -0.1) is 11.1 Å². The fourth-order valence-corrected chi connectivity index (χ4v) is 6.53. The third kappa shape index (κ3) is 10.8. The molecule has 3 heteroatoms. The molecule has 0 amide bonds. The number of rotatable bonds is 2. The van der Waals surface area contributed by atoms with E-state index in [2.05, 4.69) is 184 Å². The van der Waals surface area contributed by atoms with Gasteiger partial charge in [-0.3, -0.25) is 0 Å². The number of halogens is 2. The van der Waals surface area contributed by atoms with Gasteiger partial charge in [-0.05, 0) is 17.4 Å². The molecule has 0 saturated heterocycles. The van der Waals surface area contributed by atoms with Crippen LogP contribution in [0.25, 0.3) is 11.1 Å². The molecule has 5 aromatic carbocycles. The zero-order chi connectivity index (χ0) is 33.0. The van der Waals surface area contributed by atoms with Crippen molar-refractivity contribution in [1.29, 1.82) is 0 Å². The molecule has 5 aromatic rings. The molecule has 0 atom stereocenters. The Morgan fingerprint density at radius 3 is 1.57 bits per heavy atom. The first-order valence-corrected chi connectivity index (χ1v) is 17.4. The molecule has 0 nitrogen and oxygen atoms in total. The molecule has 246 valence electrons. The molecule has 0 fully saturated rings. The van der Waals surface area contributed by atoms with Crippen LogP contribution in [0.3, 0.4) is 0 Å². The van der Waals surface area contributed by atoms with E-state index < -0.39 is 0 Å². The SMILES string of the molecule is CC(C)(C)c1c[c-]c2c(c1)-c1cc(C(C)(C)C)ccc1C2.Cc1ccc[c-]1C(C)(C)C.[Cl-].[Cl-].[Zr+2]=[C](c1ccccc1)c1ccccc1. The Kier molecular flexibility index (Phi) is 14.6. The van der Waals surface area contributed by atoms with Gasteiger partial charge in [0.15, 0.2) is 0 Å². The molecule has 0 radical (unpaired) electrons. The average molecular weight is 741 g/mol. The molecule has 0 bridgehead atoms. The summed E-state index contributed by atoms with van der Waals surface area (Å²) in [5.41, 5.74) is 14.6. The third-order valence-electron chi connectivity index (χ3n) is 8.49. The van der Waals surface area contributed by atoms with Crippen LogP contribution >= 0.6 is 0 Å². The molecule has 0 spiro atoms. The van der Waals surface area contributed by atoms with E-state index in [1.807, 2.05) is 0 Å². The second-order valence-electron chi connectivity index (χ2n) is 15.3. The number of aryl methyl sites for hydroxylation is 1. The normalized spacial score (nSPS) is 11.7. The van der Waals surface area contributed by atoms with Crippen LogP contribution in [-0.2, 0) is 46.9 Å². The Morgan fingerprint density at radius 2 is 1.15 bits per heavy atom. The maximum atomic E-state index is 3.53. The quantitative estimate of drug-likeness (QED) is 0.207. The summed E-state index contributed by atoms with van der Waals surface area (Å²) in [6, 6.07) is 42.7. The first-order chi connectivity index (χ1) is 21.1. The Labute approximate surface area is 313 Å². The first-order valence-electron chi connectivity index (χ1n) is 16.2. The van der Waals surface area contributed by atoms with Crippen molar-refractivity contribution in [2.45, 2.75) is 91.9 Å². The summed E-state index contributed by atoms with van der Waals surface area (Å²) >= 11 is 1.46. The Balaban J connectivity index is 0.000000258. The van der Waals surface area contributed by atoms with Crippen molar-refractivity contribution in [3.05, 3.63) is 160 Å². The second-order valence-corrected chi connectivity index (χ2v) is 16.5. The summed E-state index contributed by atoms with van der Waals surface area (Å²) in [5, 5.41) is 0. The Bertz CT molecular complexity index is 1620. The Morgan fingerprint density at radius 1 is 0.638 bits per heavy atom. The van der Waals surface area contributed by atoms with Crippen molar-refractivity contribution >= 4 is 3.21 Å². The van der Waals surface area contributed by atoms with E-state index in [4.69, 9.17) is 0 Å². The molecule has 0 N–H and O–H groups in total. The van der Waals surface area contributed by atoms with Crippen LogP contribution in [0, 0.1) is 13.0 Å². The Hall–Kier alpha value is -2.44. The summed E-state index contributed by atoms with van der Waals surface area (Å²) in [7, 11) is 0. The summed E-state index contributed by atoms with van der Waals surface area (Å²) in [5.74, 6) is 0. The van der Waals surface area contributed by atoms with Crippen LogP contribution in [-0.4, -0.2) is 3.21 Å². The molecule has 0 heterocycles. The molecule has 0 aliphatic heterocycles. The van der Waals surface area contributed by atoms with Gasteiger partial charge < -0.3 is 24.8 Å². The van der Waals surface area contributed by atoms with Crippen molar-refractivity contribution in [2.24, 2.45) is 0 Å². The van der Waals surface area contributed by atoms with E-state index in [9.17, 15) is 0 Å². The number of fused-ring (bicyclic) bond motifs is 3. The fraction of sp³-hybridized carbons (Fsp3) is 0.318. The van der Waals surface area contributed by atoms with Crippen LogP contribution in [0.4, 0.5) is 0 Å². The van der Waals surface area contributed by atoms with Gasteiger partial charge in [0.05, 0.1) is 0 Å². The van der Waals surface area contributed by atoms with Crippen LogP contribution < -0.4 is 24.8 Å². The van der Waals surface area contributed by atoms with Gasteiger partial charge in [0.25, 0.3) is 0 Å². The third-order valence-corrected chi connectivity index (χ3v) is 9.91. The van der Waals surface area contributed by atoms with Gasteiger partial charge in [0, 0.05) is 0 Å². The van der Waals surface area contributed by atoms with E-state index in [0.29, 0.717) is 5.41 Å². The molecule has 6 rings (SSSR count). The average Bonchev–Trinajstić information content (AvgIpc) is 3.60. The topological polar surface area (TPSA) is 0 Å². The van der Waals surface area contributed by atoms with Crippen molar-refractivity contribution in [3.63, 3.8) is 0 Å². The van der Waals surface area contributed by atoms with Gasteiger partial charge in [0.2, 0.25) is 0 Å². The van der Waals surface area contributed by atoms with E-state index in [-0.39, 0.29) is 35.6 Å². The zero-order valence-electron chi connectivity index (χ0n) is 29.9. The first kappa shape index (κ1) is 40.7. The van der Waals surface area contributed by atoms with E-state index in [0.717, 1.165) is 6.42 Å². The number of hydrogen-bond acceptors (Lipinski definition) is 0. The van der Waals surface area contributed by atoms with E-state index >= 15 is 0 Å². The van der Waals surface area contributed by atoms with Gasteiger partial charge in [-0.1, -0.05) is 109 Å². The van der Waals surface area contributed by atoms with E-state index in [1.54, 1.807) is 0 Å². The molecule has 0 aromatic heterocycles. The van der Waals surface area contributed by atoms with Crippen LogP contribution in [0.15, 0.2) is 109 Å². The maximum absolute atomic E-state index is 3.53. The molecule has 47 heavy (non-hydrogen) atoms. The van der Waals surface area contributed by atoms with Gasteiger partial charge >= 0.3 is 99.2 Å². The van der Waals surface area contributed by atoms with Gasteiger partial charge in [-0.25, -0.2) is 12.1 Å². The van der Waals surface area contributed by atoms with Crippen molar-refractivity contribution in [2.75, 3.05) is 0 Å². The fourth-order valence-electron chi connectivity index (χ4n) is 5.71. The van der Waals surface area contributed by atoms with Crippen molar-refractivity contribution in [3.8, 4) is 11.1 Å². The van der Waals surface area contributed by atoms with Crippen LogP contribution in [0.5, 0.6) is 0 Å². The molecular weight excluding hydrogens is 691 g/mol.